The monoisotopic (exact) mass is 434 g/mol. The van der Waals surface area contributed by atoms with E-state index in [1.54, 1.807) is 23.1 Å². The van der Waals surface area contributed by atoms with Crippen molar-refractivity contribution in [1.82, 2.24) is 4.90 Å². The lowest BCUT2D eigenvalue weighted by atomic mass is 10.1. The molecule has 0 atom stereocenters. The highest BCUT2D eigenvalue weighted by Crippen LogP contribution is 2.30. The molecule has 0 aliphatic rings. The molecule has 30 heavy (non-hydrogen) atoms. The van der Waals surface area contributed by atoms with Gasteiger partial charge in [0.1, 0.15) is 0 Å². The predicted octanol–water partition coefficient (Wildman–Crippen LogP) is 4.42. The van der Waals surface area contributed by atoms with Crippen LogP contribution >= 0.6 is 0 Å². The Morgan fingerprint density at radius 3 is 2.33 bits per heavy atom. The Labute approximate surface area is 179 Å². The zero-order chi connectivity index (χ0) is 22.3. The predicted molar refractivity (Wildman–Crippen MR) is 119 cm³/mol. The van der Waals surface area contributed by atoms with Crippen molar-refractivity contribution in [1.29, 1.82) is 0 Å². The molecule has 7 nitrogen and oxygen atoms in total. The maximum Gasteiger partial charge on any atom is 0.322 e. The molecule has 0 spiro atoms. The van der Waals surface area contributed by atoms with Gasteiger partial charge in [-0.25, -0.2) is 4.79 Å². The highest BCUT2D eigenvalue weighted by molar-refractivity contribution is 7.87. The van der Waals surface area contributed by atoms with Gasteiger partial charge in [-0.2, -0.15) is 8.42 Å². The Hall–Kier alpha value is -2.74. The molecule has 0 aliphatic carbocycles. The minimum atomic E-state index is -3.70. The second-order valence-corrected chi connectivity index (χ2v) is 9.34. The minimum absolute atomic E-state index is 0.111. The second kappa shape index (κ2) is 10.3. The Balaban J connectivity index is 2.24. The van der Waals surface area contributed by atoms with Gasteiger partial charge in [-0.15, -0.1) is 0 Å². The molecular weight excluding hydrogens is 404 g/mol. The average molecular weight is 435 g/mol. The van der Waals surface area contributed by atoms with E-state index >= 15 is 0 Å². The summed E-state index contributed by atoms with van der Waals surface area (Å²) in [7, 11) is -2.26. The lowest BCUT2D eigenvalue weighted by Gasteiger charge is -2.25. The molecule has 0 unspecified atom stereocenters. The molecule has 164 valence electrons. The fourth-order valence-corrected chi connectivity index (χ4v) is 3.32. The van der Waals surface area contributed by atoms with Crippen molar-refractivity contribution in [3.8, 4) is 11.5 Å². The number of urea groups is 1. The lowest BCUT2D eigenvalue weighted by molar-refractivity contribution is 0.201. The number of hydrogen-bond acceptors (Lipinski definition) is 5. The van der Waals surface area contributed by atoms with Gasteiger partial charge >= 0.3 is 16.1 Å². The van der Waals surface area contributed by atoms with Gasteiger partial charge in [0.25, 0.3) is 0 Å². The van der Waals surface area contributed by atoms with Crippen molar-refractivity contribution >= 4 is 21.8 Å². The van der Waals surface area contributed by atoms with Gasteiger partial charge in [0.2, 0.25) is 0 Å². The molecule has 0 saturated carbocycles. The molecule has 0 saturated heterocycles. The van der Waals surface area contributed by atoms with E-state index < -0.39 is 10.1 Å². The Kier molecular flexibility index (Phi) is 8.11. The van der Waals surface area contributed by atoms with Gasteiger partial charge in [-0.1, -0.05) is 37.6 Å². The quantitative estimate of drug-likeness (QED) is 0.591. The first-order valence-electron chi connectivity index (χ1n) is 9.85. The molecule has 2 aromatic carbocycles. The summed E-state index contributed by atoms with van der Waals surface area (Å²) in [5.41, 5.74) is 2.56. The lowest BCUT2D eigenvalue weighted by Crippen LogP contribution is -2.37. The van der Waals surface area contributed by atoms with Crippen LogP contribution in [-0.4, -0.2) is 38.8 Å². The summed E-state index contributed by atoms with van der Waals surface area (Å²) in [5.74, 6) is 0.525. The highest BCUT2D eigenvalue weighted by atomic mass is 32.2. The minimum Gasteiger partial charge on any atom is -0.493 e. The molecular formula is C22H30N2O5S. The number of nitrogens with one attached hydrogen (secondary N) is 1. The van der Waals surface area contributed by atoms with Gasteiger partial charge in [0, 0.05) is 18.8 Å². The molecule has 0 heterocycles. The fraction of sp³-hybridized carbons (Fsp3) is 0.409. The van der Waals surface area contributed by atoms with E-state index in [1.807, 2.05) is 45.0 Å². The van der Waals surface area contributed by atoms with E-state index in [-0.39, 0.29) is 23.5 Å². The first-order chi connectivity index (χ1) is 14.1. The van der Waals surface area contributed by atoms with Gasteiger partial charge < -0.3 is 19.1 Å². The number of nitrogens with zero attached hydrogens (tertiary/aromatic N) is 1. The van der Waals surface area contributed by atoms with Gasteiger partial charge in [0.05, 0.1) is 12.9 Å². The van der Waals surface area contributed by atoms with Gasteiger partial charge in [-0.05, 0) is 49.6 Å². The summed E-state index contributed by atoms with van der Waals surface area (Å²) in [6, 6.07) is 12.4. The first kappa shape index (κ1) is 23.5. The van der Waals surface area contributed by atoms with Crippen molar-refractivity contribution in [3.05, 3.63) is 53.6 Å². The first-order valence-corrected chi connectivity index (χ1v) is 11.4. The fourth-order valence-electron chi connectivity index (χ4n) is 2.80. The molecule has 0 aliphatic heterocycles. The van der Waals surface area contributed by atoms with Crippen molar-refractivity contribution in [2.45, 2.75) is 34.2 Å². The van der Waals surface area contributed by atoms with Crippen LogP contribution < -0.4 is 14.2 Å². The second-order valence-electron chi connectivity index (χ2n) is 7.49. The Morgan fingerprint density at radius 1 is 1.10 bits per heavy atom. The van der Waals surface area contributed by atoms with E-state index in [0.29, 0.717) is 24.5 Å². The van der Waals surface area contributed by atoms with E-state index in [4.69, 9.17) is 8.92 Å². The summed E-state index contributed by atoms with van der Waals surface area (Å²) in [4.78, 5) is 14.6. The smallest absolute Gasteiger partial charge is 0.322 e. The van der Waals surface area contributed by atoms with Crippen LogP contribution in [0.15, 0.2) is 42.5 Å². The molecule has 0 radical (unpaired) electrons. The van der Waals surface area contributed by atoms with Gasteiger partial charge in [0.15, 0.2) is 11.5 Å². The molecule has 2 aromatic rings. The Morgan fingerprint density at radius 2 is 1.77 bits per heavy atom. The number of benzene rings is 2. The average Bonchev–Trinajstić information content (AvgIpc) is 2.69. The van der Waals surface area contributed by atoms with Crippen molar-refractivity contribution in [2.24, 2.45) is 5.92 Å². The van der Waals surface area contributed by atoms with Crippen LogP contribution in [0.5, 0.6) is 11.5 Å². The number of methoxy groups -OCH3 is 1. The summed E-state index contributed by atoms with van der Waals surface area (Å²) < 4.78 is 34.2. The number of amides is 2. The SMILES string of the molecule is CCS(=O)(=O)Oc1cc(CN(CC(C)C)C(=O)Nc2ccc(C)cc2)ccc1OC. The third kappa shape index (κ3) is 6.95. The Bertz CT molecular complexity index is 956. The number of ether oxygens (including phenoxy) is 1. The number of carbonyl (C=O) groups is 1. The molecule has 2 amide bonds. The van der Waals surface area contributed by atoms with Crippen LogP contribution in [0.3, 0.4) is 0 Å². The maximum absolute atomic E-state index is 12.9. The van der Waals surface area contributed by atoms with Crippen LogP contribution in [0.2, 0.25) is 0 Å². The molecule has 8 heteroatoms. The van der Waals surface area contributed by atoms with E-state index in [2.05, 4.69) is 5.32 Å². The normalized spacial score (nSPS) is 11.3. The van der Waals surface area contributed by atoms with Crippen LogP contribution in [0, 0.1) is 12.8 Å². The van der Waals surface area contributed by atoms with Crippen molar-refractivity contribution in [3.63, 3.8) is 0 Å². The van der Waals surface area contributed by atoms with E-state index in [0.717, 1.165) is 11.1 Å². The third-order valence-corrected chi connectivity index (χ3v) is 5.49. The molecule has 0 aromatic heterocycles. The number of aryl methyl sites for hydroxylation is 1. The zero-order valence-electron chi connectivity index (χ0n) is 18.1. The maximum atomic E-state index is 12.9. The van der Waals surface area contributed by atoms with E-state index in [1.165, 1.54) is 14.0 Å². The topological polar surface area (TPSA) is 84.9 Å². The standard InChI is InChI=1S/C22H30N2O5S/c1-6-30(26,27)29-21-13-18(9-12-20(21)28-5)15-24(14-16(2)3)22(25)23-19-10-7-17(4)8-11-19/h7-13,16H,6,14-15H2,1-5H3,(H,23,25). The number of carbonyl (C=O) groups excluding carboxylic acids is 1. The van der Waals surface area contributed by atoms with Crippen LogP contribution in [0.1, 0.15) is 31.9 Å². The van der Waals surface area contributed by atoms with Crippen LogP contribution in [0.4, 0.5) is 10.5 Å². The zero-order valence-corrected chi connectivity index (χ0v) is 19.0. The number of anilines is 1. The molecule has 1 N–H and O–H groups in total. The van der Waals surface area contributed by atoms with Crippen molar-refractivity contribution in [2.75, 3.05) is 24.7 Å². The van der Waals surface area contributed by atoms with Gasteiger partial charge in [-0.3, -0.25) is 0 Å². The molecule has 0 fully saturated rings. The highest BCUT2D eigenvalue weighted by Gasteiger charge is 2.19. The van der Waals surface area contributed by atoms with Crippen LogP contribution in [0.25, 0.3) is 0 Å². The summed E-state index contributed by atoms with van der Waals surface area (Å²) >= 11 is 0. The molecule has 0 bridgehead atoms. The van der Waals surface area contributed by atoms with Crippen molar-refractivity contribution < 1.29 is 22.1 Å². The summed E-state index contributed by atoms with van der Waals surface area (Å²) in [6.45, 7) is 8.38. The summed E-state index contributed by atoms with van der Waals surface area (Å²) in [5, 5.41) is 2.91. The molecule has 2 rings (SSSR count). The number of hydrogen-bond donors (Lipinski definition) is 1. The summed E-state index contributed by atoms with van der Waals surface area (Å²) in [6.07, 6.45) is 0. The van der Waals surface area contributed by atoms with E-state index in [9.17, 15) is 13.2 Å². The van der Waals surface area contributed by atoms with Crippen LogP contribution in [-0.2, 0) is 16.7 Å². The largest absolute Gasteiger partial charge is 0.493 e. The number of rotatable bonds is 9. The third-order valence-electron chi connectivity index (χ3n) is 4.35.